The second kappa shape index (κ2) is 30.3. The number of halogens is 3. The normalized spacial score (nSPS) is 16.1. The molecular weight excluding hydrogens is 1300 g/mol. The summed E-state index contributed by atoms with van der Waals surface area (Å²) < 4.78 is 106. The van der Waals surface area contributed by atoms with Crippen molar-refractivity contribution in [3.8, 4) is 22.6 Å². The van der Waals surface area contributed by atoms with Crippen molar-refractivity contribution in [2.45, 2.75) is 74.9 Å². The van der Waals surface area contributed by atoms with Gasteiger partial charge >= 0.3 is 31.9 Å². The SMILES string of the molecule is O=c1[nH]ccc2cc(Cl)ncc12.OB(O)C1CC1.[2H]C([2H])([2H])n1cc(-c2cc(OC)c(C=O)c(OC)c2)c2cc(C3CC3)ncc2c1=O.[2H]C([2H])([2H])n1cc(Br)c2cc(C3CC3)ncc2c1=O.[2H]C([2H])([2H])n1ccc2cc(C3CC3)ncc2c1=O.[2H]C([2H])([2H])n1ccc2cc(Cl)ncc2c1=O.[B]=NS. The summed E-state index contributed by atoms with van der Waals surface area (Å²) in [5.41, 5.74) is 1.74. The van der Waals surface area contributed by atoms with Crippen LogP contribution >= 0.6 is 51.9 Å². The van der Waals surface area contributed by atoms with Crippen molar-refractivity contribution in [1.29, 1.82) is 0 Å². The first-order chi connectivity index (χ1) is 49.0. The first-order valence-corrected chi connectivity index (χ1v) is 30.2. The summed E-state index contributed by atoms with van der Waals surface area (Å²) in [6.07, 6.45) is 23.2. The van der Waals surface area contributed by atoms with E-state index in [0.29, 0.717) is 76.3 Å². The number of hydrogen-bond acceptors (Lipinski definition) is 17. The van der Waals surface area contributed by atoms with Crippen LogP contribution in [0.4, 0.5) is 0 Å². The van der Waals surface area contributed by atoms with Gasteiger partial charge in [0.25, 0.3) is 27.8 Å². The van der Waals surface area contributed by atoms with Gasteiger partial charge < -0.3 is 42.8 Å². The van der Waals surface area contributed by atoms with Crippen molar-refractivity contribution in [3.05, 3.63) is 212 Å². The Hall–Kier alpha value is -8.45. The van der Waals surface area contributed by atoms with Crippen LogP contribution in [0.2, 0.25) is 16.1 Å². The van der Waals surface area contributed by atoms with Crippen LogP contribution in [0, 0.1) is 0 Å². The van der Waals surface area contributed by atoms with E-state index in [9.17, 15) is 28.8 Å². The molecule has 471 valence electrons. The zero-order chi connectivity index (χ0) is 76.1. The molecule has 27 heteroatoms. The molecular formula is C65H63B2BrCl2N11O10S. The van der Waals surface area contributed by atoms with Gasteiger partial charge in [-0.15, -0.1) is 0 Å². The van der Waals surface area contributed by atoms with Crippen molar-refractivity contribution in [3.63, 3.8) is 0 Å². The number of thiol groups is 1. The van der Waals surface area contributed by atoms with E-state index in [1.54, 1.807) is 36.5 Å². The van der Waals surface area contributed by atoms with Crippen LogP contribution in [0.3, 0.4) is 0 Å². The third-order valence-electron chi connectivity index (χ3n) is 15.0. The summed E-state index contributed by atoms with van der Waals surface area (Å²) >= 11 is 17.8. The fraction of sp³-hybridized carbons (Fsp3) is 0.277. The summed E-state index contributed by atoms with van der Waals surface area (Å²) in [5, 5.41) is 22.3. The van der Waals surface area contributed by atoms with E-state index < -0.39 is 57.3 Å². The quantitative estimate of drug-likeness (QED) is 0.0477. The number of aromatic amines is 1. The second-order valence-electron chi connectivity index (χ2n) is 21.5. The number of nitrogens with one attached hydrogen (secondary N) is 1. The van der Waals surface area contributed by atoms with Crippen LogP contribution in [0.1, 0.15) is 113 Å². The predicted octanol–water partition coefficient (Wildman–Crippen LogP) is 10.7. The molecule has 1 aromatic carbocycles. The van der Waals surface area contributed by atoms with Crippen LogP contribution < -0.4 is 37.3 Å². The molecule has 1 radical (unpaired) electrons. The molecule has 4 fully saturated rings. The molecule has 0 bridgehead atoms. The molecule has 11 aromatic rings. The molecule has 4 aliphatic rings. The Morgan fingerprint density at radius 3 is 1.49 bits per heavy atom. The molecule has 10 heterocycles. The molecule has 10 aromatic heterocycles. The Bertz CT molecular complexity index is 5360. The van der Waals surface area contributed by atoms with Crippen molar-refractivity contribution in [2.75, 3.05) is 14.2 Å². The van der Waals surface area contributed by atoms with Gasteiger partial charge in [0.2, 0.25) is 0 Å². The molecule has 0 unspecified atom stereocenters. The first-order valence-electron chi connectivity index (χ1n) is 34.2. The zero-order valence-electron chi connectivity index (χ0n) is 61.0. The summed E-state index contributed by atoms with van der Waals surface area (Å²) in [5.74, 6) is 2.14. The maximum absolute atomic E-state index is 12.9. The Balaban J connectivity index is 0.000000150. The zero-order valence-corrected chi connectivity index (χ0v) is 53.0. The van der Waals surface area contributed by atoms with Gasteiger partial charge in [-0.25, -0.2) is 9.97 Å². The number of ether oxygens (including phenoxy) is 2. The number of H-pyrrole nitrogens is 1. The van der Waals surface area contributed by atoms with Gasteiger partial charge in [-0.3, -0.25) is 43.7 Å². The van der Waals surface area contributed by atoms with Gasteiger partial charge in [0.15, 0.2) is 6.29 Å². The number of rotatable bonds is 8. The summed E-state index contributed by atoms with van der Waals surface area (Å²) in [6, 6.07) is 17.0. The van der Waals surface area contributed by atoms with Gasteiger partial charge in [0.1, 0.15) is 21.8 Å². The van der Waals surface area contributed by atoms with Crippen molar-refractivity contribution < 1.29 is 40.8 Å². The maximum atomic E-state index is 12.9. The number of carbonyl (C=O) groups excluding carboxylic acids is 1. The fourth-order valence-corrected chi connectivity index (χ4v) is 10.3. The van der Waals surface area contributed by atoms with E-state index in [0.717, 1.165) is 98.3 Å². The number of fused-ring (bicyclic) bond motifs is 5. The minimum absolute atomic E-state index is 0.142. The van der Waals surface area contributed by atoms with E-state index >= 15 is 0 Å². The van der Waals surface area contributed by atoms with Crippen LogP contribution in [-0.4, -0.2) is 93.5 Å². The molecule has 92 heavy (non-hydrogen) atoms. The topological polar surface area (TPSA) is 274 Å². The minimum atomic E-state index is -2.66. The number of aromatic nitrogens is 10. The number of carbonyl (C=O) groups is 1. The number of nitrogens with zero attached hydrogens (tertiary/aromatic N) is 10. The molecule has 0 aliphatic heterocycles. The molecule has 4 saturated carbocycles. The monoisotopic (exact) mass is 1370 g/mol. The first kappa shape index (κ1) is 53.1. The van der Waals surface area contributed by atoms with E-state index in [2.05, 4.69) is 70.6 Å². The van der Waals surface area contributed by atoms with E-state index in [1.807, 2.05) is 18.2 Å². The van der Waals surface area contributed by atoms with E-state index in [-0.39, 0.29) is 44.4 Å². The number of pyridine rings is 10. The number of hydrogen-bond donors (Lipinski definition) is 4. The standard InChI is InChI=1S/C21H20N2O4.C12H11BrN2O.C12H12N2O.C9H7ClN2O.C8H5ClN2O.C3H7BO2.BHNS/c1-23-10-16(13-6-19(26-2)17(11-24)20(7-13)27-3)14-8-18(12-4-5-12)22-9-15(14)21(23)25;1-15-6-10(13)8-4-11(7-2-3-7)14-5-9(8)12(15)16;1-14-5-4-9-6-11(8-2-3-8)13-7-10(9)12(14)15;1-12-3-2-6-4-8(10)11-5-7(6)9(12)13;9-7-3-5-1-2-10-8(12)6(5)4-11-7;5-4(6)3-1-2-3;1-2-3/h6-12H,4-5H2,1-3H3;4-7H,2-3H2,1H3;4-8H,2-3H2,1H3;2-5H,1H3;1-4H,(H,10,12);3,5-6H,1-2H2;3H/i4*1D3;;;. The molecule has 3 N–H and O–H groups in total. The summed E-state index contributed by atoms with van der Waals surface area (Å²) in [6.45, 7) is -10.1. The fourth-order valence-electron chi connectivity index (χ4n) is 9.43. The van der Waals surface area contributed by atoms with Gasteiger partial charge in [0, 0.05) is 157 Å². The molecule has 4 aliphatic carbocycles. The van der Waals surface area contributed by atoms with Gasteiger partial charge in [-0.2, -0.15) is 0 Å². The van der Waals surface area contributed by atoms with Crippen LogP contribution in [0.15, 0.2) is 155 Å². The average molecular weight is 1370 g/mol. The predicted molar refractivity (Wildman–Crippen MR) is 368 cm³/mol. The molecule has 0 atom stereocenters. The molecule has 0 amide bonds. The van der Waals surface area contributed by atoms with Crippen molar-refractivity contribution in [1.82, 2.24) is 48.2 Å². The summed E-state index contributed by atoms with van der Waals surface area (Å²) in [7, 11) is 6.16. The van der Waals surface area contributed by atoms with Crippen molar-refractivity contribution in [2.24, 2.45) is 32.2 Å². The number of methoxy groups -OCH3 is 2. The van der Waals surface area contributed by atoms with Gasteiger partial charge in [-0.1, -0.05) is 36.0 Å². The summed E-state index contributed by atoms with van der Waals surface area (Å²) in [4.78, 5) is 94.6. The van der Waals surface area contributed by atoms with Gasteiger partial charge in [-0.05, 0) is 148 Å². The Labute approximate surface area is 568 Å². The van der Waals surface area contributed by atoms with Gasteiger partial charge in [0.05, 0.1) is 46.7 Å². The third-order valence-corrected chi connectivity index (χ3v) is 16.0. The van der Waals surface area contributed by atoms with Crippen LogP contribution in [-0.2, 0) is 27.9 Å². The van der Waals surface area contributed by atoms with E-state index in [1.165, 1.54) is 82.1 Å². The van der Waals surface area contributed by atoms with Crippen molar-refractivity contribution >= 4 is 127 Å². The third kappa shape index (κ3) is 16.6. The Kier molecular flexibility index (Phi) is 17.5. The van der Waals surface area contributed by atoms with Crippen LogP contribution in [0.5, 0.6) is 11.5 Å². The Morgan fingerprint density at radius 1 is 0.609 bits per heavy atom. The molecule has 0 saturated heterocycles. The Morgan fingerprint density at radius 2 is 1.03 bits per heavy atom. The van der Waals surface area contributed by atoms with Crippen LogP contribution in [0.25, 0.3) is 65.0 Å². The average Bonchev–Trinajstić information content (AvgIpc) is 0.859. The number of benzene rings is 1. The second-order valence-corrected chi connectivity index (χ2v) is 23.3. The number of aldehydes is 1. The molecule has 15 rings (SSSR count). The number of aryl methyl sites for hydroxylation is 4. The van der Waals surface area contributed by atoms with E-state index in [4.69, 9.17) is 59.2 Å². The molecule has 21 nitrogen and oxygen atoms in total. The molecule has 0 spiro atoms.